The van der Waals surface area contributed by atoms with E-state index in [0.29, 0.717) is 15.9 Å². The number of carboxylic acids is 1. The highest BCUT2D eigenvalue weighted by Crippen LogP contribution is 2.17. The van der Waals surface area contributed by atoms with Gasteiger partial charge in [0.15, 0.2) is 5.65 Å². The number of aromatic carboxylic acids is 1. The van der Waals surface area contributed by atoms with Gasteiger partial charge in [0.05, 0.1) is 0 Å². The molecular formula is C8H6BrN3O2. The summed E-state index contributed by atoms with van der Waals surface area (Å²) in [5, 5.41) is 16.5. The van der Waals surface area contributed by atoms with Gasteiger partial charge in [-0.25, -0.2) is 4.79 Å². The van der Waals surface area contributed by atoms with Gasteiger partial charge in [0.2, 0.25) is 0 Å². The molecule has 6 heteroatoms. The lowest BCUT2D eigenvalue weighted by molar-refractivity contribution is 0.0698. The van der Waals surface area contributed by atoms with E-state index in [4.69, 9.17) is 5.11 Å². The summed E-state index contributed by atoms with van der Waals surface area (Å²) in [5.41, 5.74) is 0.498. The first-order valence-corrected chi connectivity index (χ1v) is 4.63. The summed E-state index contributed by atoms with van der Waals surface area (Å²) in [6.07, 6.45) is 1.73. The molecule has 0 saturated heterocycles. The van der Waals surface area contributed by atoms with Gasteiger partial charge in [0, 0.05) is 10.7 Å². The Morgan fingerprint density at radius 2 is 2.29 bits per heavy atom. The van der Waals surface area contributed by atoms with Crippen LogP contribution in [0.25, 0.3) is 5.65 Å². The second-order valence-electron chi connectivity index (χ2n) is 2.82. The summed E-state index contributed by atoms with van der Waals surface area (Å²) in [4.78, 5) is 10.9. The Bertz CT molecular complexity index is 521. The fraction of sp³-hybridized carbons (Fsp3) is 0.125. The molecule has 0 bridgehead atoms. The smallest absolute Gasteiger partial charge is 0.339 e. The fourth-order valence-corrected chi connectivity index (χ4v) is 1.66. The highest BCUT2D eigenvalue weighted by molar-refractivity contribution is 9.10. The van der Waals surface area contributed by atoms with Gasteiger partial charge in [-0.15, -0.1) is 10.2 Å². The van der Waals surface area contributed by atoms with E-state index in [1.165, 1.54) is 6.07 Å². The van der Waals surface area contributed by atoms with E-state index >= 15 is 0 Å². The number of hydrogen-bond donors (Lipinski definition) is 1. The molecule has 0 atom stereocenters. The molecule has 2 heterocycles. The van der Waals surface area contributed by atoms with Crippen molar-refractivity contribution in [1.29, 1.82) is 0 Å². The van der Waals surface area contributed by atoms with Crippen LogP contribution in [-0.2, 0) is 0 Å². The highest BCUT2D eigenvalue weighted by atomic mass is 79.9. The second-order valence-corrected chi connectivity index (χ2v) is 3.73. The van der Waals surface area contributed by atoms with Crippen LogP contribution in [0.2, 0.25) is 0 Å². The van der Waals surface area contributed by atoms with E-state index in [1.54, 1.807) is 17.5 Å². The number of hydrogen-bond acceptors (Lipinski definition) is 3. The summed E-state index contributed by atoms with van der Waals surface area (Å²) in [6.45, 7) is 1.76. The molecule has 0 saturated carbocycles. The van der Waals surface area contributed by atoms with Gasteiger partial charge in [0.25, 0.3) is 0 Å². The number of nitrogens with zero attached hydrogens (tertiary/aromatic N) is 3. The molecule has 0 radical (unpaired) electrons. The van der Waals surface area contributed by atoms with Crippen LogP contribution in [0.15, 0.2) is 16.7 Å². The Kier molecular flexibility index (Phi) is 1.99. The van der Waals surface area contributed by atoms with Crippen LogP contribution in [0.4, 0.5) is 0 Å². The van der Waals surface area contributed by atoms with Gasteiger partial charge < -0.3 is 5.11 Å². The molecule has 2 rings (SSSR count). The molecule has 2 aromatic rings. The first-order chi connectivity index (χ1) is 6.59. The van der Waals surface area contributed by atoms with E-state index in [9.17, 15) is 4.79 Å². The number of carboxylic acid groups (broad SMARTS) is 1. The lowest BCUT2D eigenvalue weighted by Gasteiger charge is -1.99. The normalized spacial score (nSPS) is 10.7. The molecule has 2 aromatic heterocycles. The second kappa shape index (κ2) is 3.06. The molecule has 5 nitrogen and oxygen atoms in total. The summed E-state index contributed by atoms with van der Waals surface area (Å²) in [7, 11) is 0. The van der Waals surface area contributed by atoms with Crippen molar-refractivity contribution in [3.8, 4) is 0 Å². The van der Waals surface area contributed by atoms with Gasteiger partial charge in [-0.1, -0.05) is 0 Å². The first kappa shape index (κ1) is 9.14. The number of aryl methyl sites for hydroxylation is 1. The summed E-state index contributed by atoms with van der Waals surface area (Å²) < 4.78 is 2.32. The van der Waals surface area contributed by atoms with E-state index in [0.717, 1.165) is 0 Å². The predicted octanol–water partition coefficient (Wildman–Crippen LogP) is 1.50. The molecule has 0 aliphatic rings. The van der Waals surface area contributed by atoms with E-state index in [-0.39, 0.29) is 5.56 Å². The van der Waals surface area contributed by atoms with Crippen molar-refractivity contribution < 1.29 is 9.90 Å². The lowest BCUT2D eigenvalue weighted by atomic mass is 10.3. The minimum absolute atomic E-state index is 0.139. The van der Waals surface area contributed by atoms with Crippen molar-refractivity contribution in [2.24, 2.45) is 0 Å². The molecule has 0 aliphatic carbocycles. The third-order valence-corrected chi connectivity index (χ3v) is 2.31. The van der Waals surface area contributed by atoms with Crippen molar-refractivity contribution in [2.45, 2.75) is 6.92 Å². The third kappa shape index (κ3) is 1.27. The number of aromatic nitrogens is 3. The fourth-order valence-electron chi connectivity index (χ4n) is 1.23. The van der Waals surface area contributed by atoms with Gasteiger partial charge in [-0.2, -0.15) is 0 Å². The lowest BCUT2D eigenvalue weighted by Crippen LogP contribution is -2.01. The maximum absolute atomic E-state index is 10.9. The zero-order valence-corrected chi connectivity index (χ0v) is 8.82. The number of carbonyl (C=O) groups is 1. The van der Waals surface area contributed by atoms with Gasteiger partial charge >= 0.3 is 5.97 Å². The summed E-state index contributed by atoms with van der Waals surface area (Å²) in [5.74, 6) is -0.354. The largest absolute Gasteiger partial charge is 0.478 e. The van der Waals surface area contributed by atoms with Crippen LogP contribution in [0, 0.1) is 6.92 Å². The van der Waals surface area contributed by atoms with Crippen LogP contribution in [0.5, 0.6) is 0 Å². The van der Waals surface area contributed by atoms with E-state index in [1.807, 2.05) is 0 Å². The van der Waals surface area contributed by atoms with Gasteiger partial charge in [-0.3, -0.25) is 4.40 Å². The maximum Gasteiger partial charge on any atom is 0.339 e. The van der Waals surface area contributed by atoms with Crippen molar-refractivity contribution in [3.05, 3.63) is 28.1 Å². The number of rotatable bonds is 1. The Hall–Kier alpha value is -1.43. The molecule has 0 spiro atoms. The Labute approximate surface area is 87.5 Å². The predicted molar refractivity (Wildman–Crippen MR) is 52.4 cm³/mol. The third-order valence-electron chi connectivity index (χ3n) is 1.87. The van der Waals surface area contributed by atoms with Crippen LogP contribution >= 0.6 is 15.9 Å². The van der Waals surface area contributed by atoms with Crippen LogP contribution in [0.1, 0.15) is 16.2 Å². The molecule has 72 valence electrons. The molecular weight excluding hydrogens is 250 g/mol. The molecule has 1 N–H and O–H groups in total. The molecule has 0 unspecified atom stereocenters. The van der Waals surface area contributed by atoms with Crippen molar-refractivity contribution in [3.63, 3.8) is 0 Å². The molecule has 0 fully saturated rings. The minimum Gasteiger partial charge on any atom is -0.478 e. The van der Waals surface area contributed by atoms with Crippen molar-refractivity contribution >= 4 is 27.5 Å². The standard InChI is InChI=1S/C8H6BrN3O2/c1-4-10-11-7-6(8(13)14)2-5(9)3-12(4)7/h2-3H,1H3,(H,13,14). The molecule has 0 aromatic carbocycles. The zero-order valence-electron chi connectivity index (χ0n) is 7.23. The average molecular weight is 256 g/mol. The quantitative estimate of drug-likeness (QED) is 0.839. The monoisotopic (exact) mass is 255 g/mol. The number of halogens is 1. The first-order valence-electron chi connectivity index (χ1n) is 3.84. The highest BCUT2D eigenvalue weighted by Gasteiger charge is 2.13. The van der Waals surface area contributed by atoms with Crippen LogP contribution in [-0.4, -0.2) is 25.7 Å². The van der Waals surface area contributed by atoms with Gasteiger partial charge in [-0.05, 0) is 28.9 Å². The molecule has 0 amide bonds. The molecule has 14 heavy (non-hydrogen) atoms. The Morgan fingerprint density at radius 1 is 1.57 bits per heavy atom. The van der Waals surface area contributed by atoms with Crippen molar-refractivity contribution in [2.75, 3.05) is 0 Å². The summed E-state index contributed by atoms with van der Waals surface area (Å²) in [6, 6.07) is 1.51. The Morgan fingerprint density at radius 3 is 2.93 bits per heavy atom. The maximum atomic E-state index is 10.9. The summed E-state index contributed by atoms with van der Waals surface area (Å²) >= 11 is 3.23. The van der Waals surface area contributed by atoms with Crippen LogP contribution in [0.3, 0.4) is 0 Å². The van der Waals surface area contributed by atoms with E-state index < -0.39 is 5.97 Å². The SMILES string of the molecule is Cc1nnc2c(C(=O)O)cc(Br)cn12. The number of fused-ring (bicyclic) bond motifs is 1. The van der Waals surface area contributed by atoms with E-state index in [2.05, 4.69) is 26.1 Å². The minimum atomic E-state index is -1.01. The van der Waals surface area contributed by atoms with Crippen LogP contribution < -0.4 is 0 Å². The number of pyridine rings is 1. The topological polar surface area (TPSA) is 67.5 Å². The Balaban J connectivity index is 2.88. The molecule has 0 aliphatic heterocycles. The van der Waals surface area contributed by atoms with Crippen molar-refractivity contribution in [1.82, 2.24) is 14.6 Å². The zero-order chi connectivity index (χ0) is 10.3. The van der Waals surface area contributed by atoms with Gasteiger partial charge in [0.1, 0.15) is 11.4 Å². The average Bonchev–Trinajstić information content (AvgIpc) is 2.47.